The second-order valence-electron chi connectivity index (χ2n) is 5.83. The third kappa shape index (κ3) is 10.6. The number of ether oxygens (including phenoxy) is 1. The summed E-state index contributed by atoms with van der Waals surface area (Å²) in [6, 6.07) is 6.35. The van der Waals surface area contributed by atoms with E-state index in [9.17, 15) is 9.18 Å². The van der Waals surface area contributed by atoms with E-state index in [1.807, 2.05) is 13.2 Å². The zero-order valence-electron chi connectivity index (χ0n) is 16.3. The van der Waals surface area contributed by atoms with E-state index in [0.717, 1.165) is 12.3 Å². The molecule has 9 heteroatoms. The van der Waals surface area contributed by atoms with Crippen LogP contribution in [0.2, 0.25) is 0 Å². The number of hydrogen-bond acceptors (Lipinski definition) is 4. The monoisotopic (exact) mass is 512 g/mol. The van der Waals surface area contributed by atoms with Crippen molar-refractivity contribution in [3.63, 3.8) is 0 Å². The van der Waals surface area contributed by atoms with Gasteiger partial charge in [0, 0.05) is 26.4 Å². The molecule has 0 radical (unpaired) electrons. The molecular weight excluding hydrogens is 482 g/mol. The lowest BCUT2D eigenvalue weighted by atomic mass is 10.2. The van der Waals surface area contributed by atoms with Crippen LogP contribution in [-0.4, -0.2) is 68.6 Å². The molecule has 1 aromatic rings. The van der Waals surface area contributed by atoms with E-state index >= 15 is 0 Å². The molecule has 0 aliphatic rings. The first-order chi connectivity index (χ1) is 12.5. The predicted octanol–water partition coefficient (Wildman–Crippen LogP) is 2.59. The minimum absolute atomic E-state index is 0. The fourth-order valence-electron chi connectivity index (χ4n) is 1.93. The molecule has 0 aromatic heterocycles. The Bertz CT molecular complexity index is 590. The minimum atomic E-state index is -0.380. The summed E-state index contributed by atoms with van der Waals surface area (Å²) < 4.78 is 19.5. The van der Waals surface area contributed by atoms with Crippen molar-refractivity contribution in [1.82, 2.24) is 15.5 Å². The average Bonchev–Trinajstić information content (AvgIpc) is 2.63. The highest BCUT2D eigenvalue weighted by Gasteiger charge is 2.12. The Hall–Kier alpha value is -1.23. The average molecular weight is 512 g/mol. The molecule has 154 valence electrons. The van der Waals surface area contributed by atoms with E-state index in [0.29, 0.717) is 18.9 Å². The summed E-state index contributed by atoms with van der Waals surface area (Å²) >= 11 is 1.72. The summed E-state index contributed by atoms with van der Waals surface area (Å²) in [6.45, 7) is 3.22. The summed E-state index contributed by atoms with van der Waals surface area (Å²) in [7, 11) is 3.39. The SMILES string of the molecule is CCC(CNC(=NCC(=O)N(C)C)NCCSC)Oc1ccccc1F.I. The van der Waals surface area contributed by atoms with Crippen LogP contribution in [0.3, 0.4) is 0 Å². The zero-order valence-corrected chi connectivity index (χ0v) is 19.5. The number of carbonyl (C=O) groups is 1. The lowest BCUT2D eigenvalue weighted by Gasteiger charge is -2.20. The molecule has 27 heavy (non-hydrogen) atoms. The maximum atomic E-state index is 13.8. The first-order valence-electron chi connectivity index (χ1n) is 8.60. The van der Waals surface area contributed by atoms with Gasteiger partial charge in [0.1, 0.15) is 12.6 Å². The van der Waals surface area contributed by atoms with Crippen LogP contribution in [0.1, 0.15) is 13.3 Å². The molecule has 0 spiro atoms. The largest absolute Gasteiger partial charge is 0.486 e. The van der Waals surface area contributed by atoms with Crippen LogP contribution in [-0.2, 0) is 4.79 Å². The maximum Gasteiger partial charge on any atom is 0.243 e. The first kappa shape index (κ1) is 25.8. The number of nitrogens with one attached hydrogen (secondary N) is 2. The van der Waals surface area contributed by atoms with Crippen molar-refractivity contribution in [2.45, 2.75) is 19.4 Å². The Morgan fingerprint density at radius 1 is 1.33 bits per heavy atom. The van der Waals surface area contributed by atoms with Gasteiger partial charge in [0.2, 0.25) is 5.91 Å². The van der Waals surface area contributed by atoms with Gasteiger partial charge >= 0.3 is 0 Å². The summed E-state index contributed by atoms with van der Waals surface area (Å²) in [5, 5.41) is 6.36. The standard InChI is InChI=1S/C18H29FN4O2S.HI/c1-5-14(25-16-9-7-6-8-15(16)19)12-21-18(20-10-11-26-4)22-13-17(24)23(2)3;/h6-9,14H,5,10-13H2,1-4H3,(H2,20,21,22);1H. The van der Waals surface area contributed by atoms with Crippen molar-refractivity contribution in [3.8, 4) is 5.75 Å². The number of carbonyl (C=O) groups excluding carboxylic acids is 1. The van der Waals surface area contributed by atoms with Gasteiger partial charge < -0.3 is 20.3 Å². The molecule has 6 nitrogen and oxygen atoms in total. The number of amides is 1. The molecule has 1 atom stereocenters. The van der Waals surface area contributed by atoms with E-state index in [1.54, 1.807) is 44.1 Å². The normalized spacial score (nSPS) is 12.0. The van der Waals surface area contributed by atoms with Crippen molar-refractivity contribution < 1.29 is 13.9 Å². The molecule has 0 aliphatic carbocycles. The number of aliphatic imine (C=N–C) groups is 1. The molecule has 0 bridgehead atoms. The number of nitrogens with zero attached hydrogens (tertiary/aromatic N) is 2. The smallest absolute Gasteiger partial charge is 0.243 e. The number of rotatable bonds is 10. The Balaban J connectivity index is 0.00000676. The van der Waals surface area contributed by atoms with Gasteiger partial charge in [-0.1, -0.05) is 19.1 Å². The highest BCUT2D eigenvalue weighted by Crippen LogP contribution is 2.17. The van der Waals surface area contributed by atoms with Gasteiger partial charge in [0.15, 0.2) is 17.5 Å². The molecule has 1 amide bonds. The summed E-state index contributed by atoms with van der Waals surface area (Å²) in [6.07, 6.45) is 2.51. The lowest BCUT2D eigenvalue weighted by Crippen LogP contribution is -2.43. The Kier molecular flexibility index (Phi) is 14.1. The number of benzene rings is 1. The predicted molar refractivity (Wildman–Crippen MR) is 122 cm³/mol. The second-order valence-corrected chi connectivity index (χ2v) is 6.82. The van der Waals surface area contributed by atoms with E-state index < -0.39 is 0 Å². The Morgan fingerprint density at radius 2 is 2.04 bits per heavy atom. The fraction of sp³-hybridized carbons (Fsp3) is 0.556. The number of thioether (sulfide) groups is 1. The molecule has 0 fully saturated rings. The van der Waals surface area contributed by atoms with Gasteiger partial charge in [-0.2, -0.15) is 11.8 Å². The molecule has 1 aromatic carbocycles. The van der Waals surface area contributed by atoms with Gasteiger partial charge in [-0.05, 0) is 24.8 Å². The summed E-state index contributed by atoms with van der Waals surface area (Å²) in [4.78, 5) is 17.6. The van der Waals surface area contributed by atoms with Crippen molar-refractivity contribution in [2.24, 2.45) is 4.99 Å². The molecule has 0 saturated heterocycles. The van der Waals surface area contributed by atoms with E-state index in [1.165, 1.54) is 11.0 Å². The number of hydrogen-bond donors (Lipinski definition) is 2. The van der Waals surface area contributed by atoms with Crippen LogP contribution in [0.15, 0.2) is 29.3 Å². The molecule has 2 N–H and O–H groups in total. The van der Waals surface area contributed by atoms with E-state index in [2.05, 4.69) is 15.6 Å². The van der Waals surface area contributed by atoms with Crippen LogP contribution >= 0.6 is 35.7 Å². The quantitative estimate of drug-likeness (QED) is 0.219. The van der Waals surface area contributed by atoms with E-state index in [4.69, 9.17) is 4.74 Å². The number of likely N-dealkylation sites (N-methyl/N-ethyl adjacent to an activating group) is 1. The Labute approximate surface area is 182 Å². The van der Waals surface area contributed by atoms with Crippen LogP contribution in [0, 0.1) is 5.82 Å². The van der Waals surface area contributed by atoms with E-state index in [-0.39, 0.29) is 54.1 Å². The molecule has 0 heterocycles. The topological polar surface area (TPSA) is 66.0 Å². The highest BCUT2D eigenvalue weighted by atomic mass is 127. The maximum absolute atomic E-state index is 13.8. The molecule has 0 saturated carbocycles. The van der Waals surface area contributed by atoms with Crippen LogP contribution in [0.25, 0.3) is 0 Å². The third-order valence-electron chi connectivity index (χ3n) is 3.55. The summed E-state index contributed by atoms with van der Waals surface area (Å²) in [5.74, 6) is 1.24. The van der Waals surface area contributed by atoms with Crippen LogP contribution < -0.4 is 15.4 Å². The minimum Gasteiger partial charge on any atom is -0.486 e. The second kappa shape index (κ2) is 14.8. The zero-order chi connectivity index (χ0) is 19.4. The van der Waals surface area contributed by atoms with Gasteiger partial charge in [-0.25, -0.2) is 9.38 Å². The lowest BCUT2D eigenvalue weighted by molar-refractivity contribution is -0.127. The van der Waals surface area contributed by atoms with Gasteiger partial charge in [0.05, 0.1) is 6.54 Å². The third-order valence-corrected chi connectivity index (χ3v) is 4.17. The van der Waals surface area contributed by atoms with Crippen molar-refractivity contribution in [2.75, 3.05) is 45.7 Å². The molecule has 1 unspecified atom stereocenters. The number of halogens is 2. The van der Waals surface area contributed by atoms with Crippen molar-refractivity contribution in [3.05, 3.63) is 30.1 Å². The highest BCUT2D eigenvalue weighted by molar-refractivity contribution is 14.0. The Morgan fingerprint density at radius 3 is 2.63 bits per heavy atom. The van der Waals surface area contributed by atoms with Crippen molar-refractivity contribution >= 4 is 47.6 Å². The molecule has 1 rings (SSSR count). The van der Waals surface area contributed by atoms with Gasteiger partial charge in [-0.15, -0.1) is 24.0 Å². The van der Waals surface area contributed by atoms with Gasteiger partial charge in [-0.3, -0.25) is 4.79 Å². The summed E-state index contributed by atoms with van der Waals surface area (Å²) in [5.41, 5.74) is 0. The first-order valence-corrected chi connectivity index (χ1v) is 9.99. The number of para-hydroxylation sites is 1. The fourth-order valence-corrected chi connectivity index (χ4v) is 2.24. The van der Waals surface area contributed by atoms with Gasteiger partial charge in [0.25, 0.3) is 0 Å². The molecule has 0 aliphatic heterocycles. The number of guanidine groups is 1. The van der Waals surface area contributed by atoms with Crippen LogP contribution in [0.4, 0.5) is 4.39 Å². The molecular formula is C18H30FIN4O2S. The van der Waals surface area contributed by atoms with Crippen LogP contribution in [0.5, 0.6) is 5.75 Å². The van der Waals surface area contributed by atoms with Crippen molar-refractivity contribution in [1.29, 1.82) is 0 Å².